The Labute approximate surface area is 171 Å². The lowest BCUT2D eigenvalue weighted by Crippen LogP contribution is -2.44. The van der Waals surface area contributed by atoms with E-state index in [0.29, 0.717) is 16.7 Å². The maximum absolute atomic E-state index is 6.14. The van der Waals surface area contributed by atoms with E-state index >= 15 is 0 Å². The number of aryl methyl sites for hydroxylation is 2. The number of morpholine rings is 1. The summed E-state index contributed by atoms with van der Waals surface area (Å²) in [6, 6.07) is 9.76. The molecule has 1 aliphatic rings. The number of hydrogen-bond donors (Lipinski definition) is 1. The summed E-state index contributed by atoms with van der Waals surface area (Å²) in [7, 11) is 0. The molecule has 1 aromatic heterocycles. The molecule has 146 valence electrons. The average molecular weight is 408 g/mol. The molecule has 0 radical (unpaired) electrons. The van der Waals surface area contributed by atoms with Gasteiger partial charge in [0.05, 0.1) is 19.8 Å². The van der Waals surface area contributed by atoms with Gasteiger partial charge in [-0.3, -0.25) is 4.90 Å². The second-order valence-corrected chi connectivity index (χ2v) is 7.60. The summed E-state index contributed by atoms with van der Waals surface area (Å²) in [5, 5.41) is 4.71. The van der Waals surface area contributed by atoms with Gasteiger partial charge in [0, 0.05) is 36.9 Å². The van der Waals surface area contributed by atoms with Crippen LogP contribution in [0.1, 0.15) is 17.1 Å². The molecule has 0 bridgehead atoms. The van der Waals surface area contributed by atoms with Gasteiger partial charge < -0.3 is 19.4 Å². The standard InChI is InChI=1S/C20H26ClN3O2S/c1-15-3-5-17(21)13-19(15)22-20(27)24(14-18-6-4-16(2)26-18)8-7-23-9-11-25-12-10-23/h3-6,13H,7-12,14H2,1-2H3,(H,22,27). The van der Waals surface area contributed by atoms with Crippen LogP contribution < -0.4 is 5.32 Å². The van der Waals surface area contributed by atoms with Crippen molar-refractivity contribution < 1.29 is 9.15 Å². The van der Waals surface area contributed by atoms with E-state index in [9.17, 15) is 0 Å². The first-order valence-electron chi connectivity index (χ1n) is 9.19. The van der Waals surface area contributed by atoms with Crippen molar-refractivity contribution in [2.24, 2.45) is 0 Å². The molecule has 0 spiro atoms. The summed E-state index contributed by atoms with van der Waals surface area (Å²) in [6.07, 6.45) is 0. The highest BCUT2D eigenvalue weighted by Gasteiger charge is 2.17. The van der Waals surface area contributed by atoms with Crippen molar-refractivity contribution in [3.63, 3.8) is 0 Å². The van der Waals surface area contributed by atoms with Crippen LogP contribution in [0.2, 0.25) is 5.02 Å². The second-order valence-electron chi connectivity index (χ2n) is 6.78. The fourth-order valence-corrected chi connectivity index (χ4v) is 3.46. The highest BCUT2D eigenvalue weighted by Crippen LogP contribution is 2.21. The molecule has 2 aromatic rings. The summed E-state index contributed by atoms with van der Waals surface area (Å²) in [5.41, 5.74) is 2.03. The van der Waals surface area contributed by atoms with Crippen LogP contribution in [0.4, 0.5) is 5.69 Å². The van der Waals surface area contributed by atoms with Gasteiger partial charge in [0.25, 0.3) is 0 Å². The monoisotopic (exact) mass is 407 g/mol. The van der Waals surface area contributed by atoms with E-state index in [-0.39, 0.29) is 0 Å². The fraction of sp³-hybridized carbons (Fsp3) is 0.450. The largest absolute Gasteiger partial charge is 0.464 e. The number of benzene rings is 1. The smallest absolute Gasteiger partial charge is 0.173 e. The van der Waals surface area contributed by atoms with E-state index in [1.807, 2.05) is 44.2 Å². The van der Waals surface area contributed by atoms with Gasteiger partial charge in [-0.2, -0.15) is 0 Å². The Bertz CT molecular complexity index is 774. The van der Waals surface area contributed by atoms with Gasteiger partial charge in [-0.1, -0.05) is 17.7 Å². The number of furan rings is 1. The molecule has 1 fully saturated rings. The molecule has 1 N–H and O–H groups in total. The lowest BCUT2D eigenvalue weighted by atomic mass is 10.2. The van der Waals surface area contributed by atoms with Crippen LogP contribution in [0.25, 0.3) is 0 Å². The molecular formula is C20H26ClN3O2S. The molecule has 0 unspecified atom stereocenters. The van der Waals surface area contributed by atoms with Crippen molar-refractivity contribution in [3.05, 3.63) is 52.4 Å². The highest BCUT2D eigenvalue weighted by atomic mass is 35.5. The Hall–Kier alpha value is -1.60. The van der Waals surface area contributed by atoms with Gasteiger partial charge in [0.15, 0.2) is 5.11 Å². The number of nitrogens with one attached hydrogen (secondary N) is 1. The molecule has 2 heterocycles. The van der Waals surface area contributed by atoms with Crippen LogP contribution in [-0.4, -0.2) is 54.3 Å². The number of hydrogen-bond acceptors (Lipinski definition) is 4. The number of nitrogens with zero attached hydrogens (tertiary/aromatic N) is 2. The van der Waals surface area contributed by atoms with Crippen molar-refractivity contribution in [3.8, 4) is 0 Å². The van der Waals surface area contributed by atoms with Gasteiger partial charge in [-0.25, -0.2) is 0 Å². The van der Waals surface area contributed by atoms with Gasteiger partial charge in [0.2, 0.25) is 0 Å². The van der Waals surface area contributed by atoms with Crippen LogP contribution in [0.15, 0.2) is 34.7 Å². The summed E-state index contributed by atoms with van der Waals surface area (Å²) >= 11 is 11.9. The molecule has 0 atom stereocenters. The molecule has 1 aromatic carbocycles. The lowest BCUT2D eigenvalue weighted by molar-refractivity contribution is 0.0356. The van der Waals surface area contributed by atoms with Crippen LogP contribution in [-0.2, 0) is 11.3 Å². The topological polar surface area (TPSA) is 40.9 Å². The molecule has 0 amide bonds. The molecule has 27 heavy (non-hydrogen) atoms. The minimum absolute atomic E-state index is 0.629. The predicted octanol–water partition coefficient (Wildman–Crippen LogP) is 4.08. The van der Waals surface area contributed by atoms with Gasteiger partial charge in [-0.15, -0.1) is 0 Å². The molecule has 7 heteroatoms. The summed E-state index contributed by atoms with van der Waals surface area (Å²) in [5.74, 6) is 1.81. The minimum atomic E-state index is 0.629. The molecular weight excluding hydrogens is 382 g/mol. The Balaban J connectivity index is 1.68. The molecule has 0 saturated carbocycles. The number of anilines is 1. The van der Waals surface area contributed by atoms with E-state index in [1.165, 1.54) is 0 Å². The third-order valence-corrected chi connectivity index (χ3v) is 5.26. The van der Waals surface area contributed by atoms with E-state index < -0.39 is 0 Å². The molecule has 0 aliphatic carbocycles. The zero-order valence-electron chi connectivity index (χ0n) is 15.8. The summed E-state index contributed by atoms with van der Waals surface area (Å²) in [6.45, 7) is 9.86. The Morgan fingerprint density at radius 1 is 1.22 bits per heavy atom. The normalized spacial score (nSPS) is 14.9. The van der Waals surface area contributed by atoms with E-state index in [4.69, 9.17) is 33.0 Å². The number of halogens is 1. The van der Waals surface area contributed by atoms with Crippen molar-refractivity contribution in [1.29, 1.82) is 0 Å². The molecule has 5 nitrogen and oxygen atoms in total. The fourth-order valence-electron chi connectivity index (χ4n) is 3.02. The minimum Gasteiger partial charge on any atom is -0.464 e. The summed E-state index contributed by atoms with van der Waals surface area (Å²) in [4.78, 5) is 4.54. The van der Waals surface area contributed by atoms with Gasteiger partial charge in [0.1, 0.15) is 11.5 Å². The van der Waals surface area contributed by atoms with Crippen molar-refractivity contribution >= 4 is 34.6 Å². The number of thiocarbonyl (C=S) groups is 1. The van der Waals surface area contributed by atoms with Crippen molar-refractivity contribution in [2.75, 3.05) is 44.7 Å². The first-order valence-corrected chi connectivity index (χ1v) is 9.97. The molecule has 1 saturated heterocycles. The van der Waals surface area contributed by atoms with E-state index in [1.54, 1.807) is 0 Å². The number of ether oxygens (including phenoxy) is 1. The zero-order valence-corrected chi connectivity index (χ0v) is 17.4. The quantitative estimate of drug-likeness (QED) is 0.727. The highest BCUT2D eigenvalue weighted by molar-refractivity contribution is 7.80. The third kappa shape index (κ3) is 5.94. The van der Waals surface area contributed by atoms with Crippen LogP contribution in [0.5, 0.6) is 0 Å². The zero-order chi connectivity index (χ0) is 19.2. The third-order valence-electron chi connectivity index (χ3n) is 4.66. The van der Waals surface area contributed by atoms with Crippen molar-refractivity contribution in [2.45, 2.75) is 20.4 Å². The number of rotatable bonds is 6. The Kier molecular flexibility index (Phi) is 7.13. The Morgan fingerprint density at radius 3 is 2.70 bits per heavy atom. The molecule has 1 aliphatic heterocycles. The van der Waals surface area contributed by atoms with E-state index in [2.05, 4.69) is 15.1 Å². The lowest BCUT2D eigenvalue weighted by Gasteiger charge is -2.31. The van der Waals surface area contributed by atoms with Gasteiger partial charge >= 0.3 is 0 Å². The van der Waals surface area contributed by atoms with Gasteiger partial charge in [-0.05, 0) is 55.9 Å². The Morgan fingerprint density at radius 2 is 2.00 bits per heavy atom. The van der Waals surface area contributed by atoms with Crippen LogP contribution >= 0.6 is 23.8 Å². The van der Waals surface area contributed by atoms with E-state index in [0.717, 1.165) is 62.2 Å². The maximum Gasteiger partial charge on any atom is 0.173 e. The van der Waals surface area contributed by atoms with Crippen LogP contribution in [0, 0.1) is 13.8 Å². The molecule has 3 rings (SSSR count). The predicted molar refractivity (Wildman–Crippen MR) is 114 cm³/mol. The van der Waals surface area contributed by atoms with Crippen LogP contribution in [0.3, 0.4) is 0 Å². The van der Waals surface area contributed by atoms with Crippen molar-refractivity contribution in [1.82, 2.24) is 9.80 Å². The average Bonchev–Trinajstić information content (AvgIpc) is 3.07. The maximum atomic E-state index is 6.14. The first-order chi connectivity index (χ1) is 13.0. The first kappa shape index (κ1) is 20.1. The second kappa shape index (κ2) is 9.55. The summed E-state index contributed by atoms with van der Waals surface area (Å²) < 4.78 is 11.2. The SMILES string of the molecule is Cc1ccc(CN(CCN2CCOCC2)C(=S)Nc2cc(Cl)ccc2C)o1.